The fraction of sp³-hybridized carbons (Fsp3) is 0.333. The van der Waals surface area contributed by atoms with Gasteiger partial charge in [0.05, 0.1) is 12.4 Å². The Morgan fingerprint density at radius 1 is 1.29 bits per heavy atom. The molecule has 1 amide bonds. The van der Waals surface area contributed by atoms with Crippen LogP contribution in [-0.2, 0) is 7.05 Å². The van der Waals surface area contributed by atoms with Crippen LogP contribution < -0.4 is 16.0 Å². The summed E-state index contributed by atoms with van der Waals surface area (Å²) in [6.45, 7) is 0. The minimum Gasteiger partial charge on any atom is -0.373 e. The van der Waals surface area contributed by atoms with Gasteiger partial charge in [0, 0.05) is 32.3 Å². The maximum Gasteiger partial charge on any atom is 0.256 e. The van der Waals surface area contributed by atoms with Crippen molar-refractivity contribution in [2.75, 3.05) is 17.7 Å². The maximum absolute atomic E-state index is 12.4. The topological polar surface area (TPSA) is 101 Å². The summed E-state index contributed by atoms with van der Waals surface area (Å²) in [6.07, 6.45) is 5.32. The highest BCUT2D eigenvalue weighted by Gasteiger charge is 2.26. The Labute approximate surface area is 138 Å². The van der Waals surface area contributed by atoms with Gasteiger partial charge < -0.3 is 16.0 Å². The number of anilines is 3. The molecule has 0 atom stereocenters. The van der Waals surface area contributed by atoms with E-state index in [9.17, 15) is 4.79 Å². The van der Waals surface area contributed by atoms with Gasteiger partial charge in [-0.2, -0.15) is 14.7 Å². The molecule has 0 saturated heterocycles. The zero-order valence-corrected chi connectivity index (χ0v) is 13.4. The number of aryl methyl sites for hydroxylation is 1. The number of amides is 1. The fourth-order valence-electron chi connectivity index (χ4n) is 2.48. The van der Waals surface area contributed by atoms with Crippen LogP contribution in [0.4, 0.5) is 17.5 Å². The molecule has 3 N–H and O–H groups in total. The first-order valence-electron chi connectivity index (χ1n) is 7.78. The number of rotatable bonds is 5. The number of hydrogen-bond acceptors (Lipinski definition) is 6. The van der Waals surface area contributed by atoms with Crippen molar-refractivity contribution in [1.82, 2.24) is 29.7 Å². The van der Waals surface area contributed by atoms with E-state index in [2.05, 4.69) is 31.1 Å². The van der Waals surface area contributed by atoms with Gasteiger partial charge in [0.1, 0.15) is 23.0 Å². The normalized spacial score (nSPS) is 13.9. The third kappa shape index (κ3) is 2.53. The summed E-state index contributed by atoms with van der Waals surface area (Å²) >= 11 is 0. The van der Waals surface area contributed by atoms with E-state index in [4.69, 9.17) is 0 Å². The SMILES string of the molecule is CNc1cc(Nc2ccnn2C)nc2c(C(=O)NC3CC3)cnn12. The number of aromatic nitrogens is 5. The Morgan fingerprint density at radius 2 is 2.12 bits per heavy atom. The lowest BCUT2D eigenvalue weighted by Gasteiger charge is -2.10. The van der Waals surface area contributed by atoms with Crippen molar-refractivity contribution >= 4 is 29.0 Å². The molecule has 0 radical (unpaired) electrons. The molecular weight excluding hydrogens is 308 g/mol. The first-order chi connectivity index (χ1) is 11.7. The first-order valence-corrected chi connectivity index (χ1v) is 7.78. The molecule has 3 aromatic heterocycles. The van der Waals surface area contributed by atoms with Gasteiger partial charge >= 0.3 is 0 Å². The summed E-state index contributed by atoms with van der Waals surface area (Å²) in [7, 11) is 3.64. The van der Waals surface area contributed by atoms with Gasteiger partial charge in [-0.3, -0.25) is 9.48 Å². The molecule has 0 bridgehead atoms. The summed E-state index contributed by atoms with van der Waals surface area (Å²) < 4.78 is 3.33. The van der Waals surface area contributed by atoms with Crippen molar-refractivity contribution < 1.29 is 4.79 Å². The van der Waals surface area contributed by atoms with Gasteiger partial charge in [-0.15, -0.1) is 0 Å². The zero-order valence-electron chi connectivity index (χ0n) is 13.4. The molecule has 3 heterocycles. The van der Waals surface area contributed by atoms with E-state index < -0.39 is 0 Å². The van der Waals surface area contributed by atoms with Gasteiger partial charge in [0.25, 0.3) is 5.91 Å². The second kappa shape index (κ2) is 5.52. The standard InChI is InChI=1S/C15H18N8O/c1-16-13-7-11(20-12-5-6-17-22(12)2)21-14-10(8-18-23(13)14)15(24)19-9-3-4-9/h5-9,16H,3-4H2,1-2H3,(H,19,24)(H,20,21). The molecule has 0 aliphatic heterocycles. The first kappa shape index (κ1) is 14.5. The molecule has 0 unspecified atom stereocenters. The van der Waals surface area contributed by atoms with Gasteiger partial charge in [-0.1, -0.05) is 0 Å². The lowest BCUT2D eigenvalue weighted by Crippen LogP contribution is -2.25. The number of fused-ring (bicyclic) bond motifs is 1. The number of nitrogens with zero attached hydrogens (tertiary/aromatic N) is 5. The lowest BCUT2D eigenvalue weighted by atomic mass is 10.3. The molecule has 0 aromatic carbocycles. The largest absolute Gasteiger partial charge is 0.373 e. The Hall–Kier alpha value is -3.10. The predicted octanol–water partition coefficient (Wildman–Crippen LogP) is 1.14. The highest BCUT2D eigenvalue weighted by atomic mass is 16.1. The van der Waals surface area contributed by atoms with Crippen LogP contribution in [0.2, 0.25) is 0 Å². The Morgan fingerprint density at radius 3 is 2.79 bits per heavy atom. The van der Waals surface area contributed by atoms with Gasteiger partial charge in [-0.05, 0) is 12.8 Å². The molecule has 1 saturated carbocycles. The lowest BCUT2D eigenvalue weighted by molar-refractivity contribution is 0.0952. The molecule has 3 aromatic rings. The van der Waals surface area contributed by atoms with E-state index >= 15 is 0 Å². The summed E-state index contributed by atoms with van der Waals surface area (Å²) in [4.78, 5) is 16.9. The molecule has 9 heteroatoms. The van der Waals surface area contributed by atoms with E-state index in [0.717, 1.165) is 24.5 Å². The quantitative estimate of drug-likeness (QED) is 0.650. The summed E-state index contributed by atoms with van der Waals surface area (Å²) in [5.41, 5.74) is 0.969. The summed E-state index contributed by atoms with van der Waals surface area (Å²) in [5, 5.41) is 17.7. The van der Waals surface area contributed by atoms with Crippen LogP contribution in [0.1, 0.15) is 23.2 Å². The number of carbonyl (C=O) groups excluding carboxylic acids is 1. The van der Waals surface area contributed by atoms with Gasteiger partial charge in [-0.25, -0.2) is 4.98 Å². The Kier molecular flexibility index (Phi) is 3.33. The van der Waals surface area contributed by atoms with E-state index in [-0.39, 0.29) is 11.9 Å². The molecule has 0 spiro atoms. The van der Waals surface area contributed by atoms with Gasteiger partial charge in [0.2, 0.25) is 0 Å². The molecule has 4 rings (SSSR count). The second-order valence-corrected chi connectivity index (χ2v) is 5.78. The van der Waals surface area contributed by atoms with Gasteiger partial charge in [0.15, 0.2) is 5.65 Å². The number of hydrogen-bond donors (Lipinski definition) is 3. The molecule has 9 nitrogen and oxygen atoms in total. The predicted molar refractivity (Wildman–Crippen MR) is 89.5 cm³/mol. The van der Waals surface area contributed by atoms with Crippen molar-refractivity contribution in [1.29, 1.82) is 0 Å². The van der Waals surface area contributed by atoms with E-state index in [0.29, 0.717) is 17.0 Å². The van der Waals surface area contributed by atoms with Crippen molar-refractivity contribution in [3.05, 3.63) is 30.1 Å². The number of nitrogens with one attached hydrogen (secondary N) is 3. The Bertz CT molecular complexity index is 907. The summed E-state index contributed by atoms with van der Waals surface area (Å²) in [6, 6.07) is 3.96. The van der Waals surface area contributed by atoms with Crippen molar-refractivity contribution in [3.8, 4) is 0 Å². The fourth-order valence-corrected chi connectivity index (χ4v) is 2.48. The van der Waals surface area contributed by atoms with Crippen LogP contribution in [0, 0.1) is 0 Å². The maximum atomic E-state index is 12.4. The van der Waals surface area contributed by atoms with Crippen LogP contribution in [0.15, 0.2) is 24.5 Å². The molecule has 1 aliphatic rings. The van der Waals surface area contributed by atoms with Crippen LogP contribution in [-0.4, -0.2) is 43.4 Å². The average Bonchev–Trinajstić information content (AvgIpc) is 3.13. The number of carbonyl (C=O) groups is 1. The third-order valence-corrected chi connectivity index (χ3v) is 3.96. The van der Waals surface area contributed by atoms with Crippen LogP contribution in [0.5, 0.6) is 0 Å². The van der Waals surface area contributed by atoms with Crippen molar-refractivity contribution in [2.45, 2.75) is 18.9 Å². The second-order valence-electron chi connectivity index (χ2n) is 5.78. The van der Waals surface area contributed by atoms with Crippen LogP contribution in [0.3, 0.4) is 0 Å². The van der Waals surface area contributed by atoms with Crippen molar-refractivity contribution in [2.24, 2.45) is 7.05 Å². The molecule has 1 aliphatic carbocycles. The molecule has 124 valence electrons. The minimum atomic E-state index is -0.139. The molecule has 1 fully saturated rings. The third-order valence-electron chi connectivity index (χ3n) is 3.96. The van der Waals surface area contributed by atoms with E-state index in [1.54, 1.807) is 28.6 Å². The minimum absolute atomic E-state index is 0.139. The zero-order chi connectivity index (χ0) is 16.7. The average molecular weight is 326 g/mol. The van der Waals surface area contributed by atoms with Crippen LogP contribution in [0.25, 0.3) is 5.65 Å². The Balaban J connectivity index is 1.74. The van der Waals surface area contributed by atoms with E-state index in [1.807, 2.05) is 19.2 Å². The molecular formula is C15H18N8O. The van der Waals surface area contributed by atoms with E-state index in [1.165, 1.54) is 0 Å². The highest BCUT2D eigenvalue weighted by Crippen LogP contribution is 2.23. The summed E-state index contributed by atoms with van der Waals surface area (Å²) in [5.74, 6) is 2.00. The monoisotopic (exact) mass is 326 g/mol. The highest BCUT2D eigenvalue weighted by molar-refractivity contribution is 6.00. The van der Waals surface area contributed by atoms with Crippen molar-refractivity contribution in [3.63, 3.8) is 0 Å². The van der Waals surface area contributed by atoms with Crippen LogP contribution >= 0.6 is 0 Å². The molecule has 24 heavy (non-hydrogen) atoms. The smallest absolute Gasteiger partial charge is 0.256 e.